The molecular formula is C13H22F3N2O8+. The minimum absolute atomic E-state index is 0.0378. The maximum atomic E-state index is 11.6. The molecule has 5 N–H and O–H groups in total. The summed E-state index contributed by atoms with van der Waals surface area (Å²) in [6, 6.07) is 0. The van der Waals surface area contributed by atoms with E-state index in [0.29, 0.717) is 11.0 Å². The molecule has 0 bridgehead atoms. The zero-order valence-electron chi connectivity index (χ0n) is 14.4. The van der Waals surface area contributed by atoms with Crippen molar-refractivity contribution in [2.75, 3.05) is 34.3 Å². The molecule has 10 nitrogen and oxygen atoms in total. The number of carbonyl (C=O) groups is 4. The van der Waals surface area contributed by atoms with Gasteiger partial charge in [0.1, 0.15) is 13.2 Å². The van der Waals surface area contributed by atoms with Crippen molar-refractivity contribution in [3.63, 3.8) is 0 Å². The molecule has 0 spiro atoms. The van der Waals surface area contributed by atoms with Crippen molar-refractivity contribution in [3.8, 4) is 0 Å². The average Bonchev–Trinajstić information content (AvgIpc) is 2.34. The number of halogens is 3. The van der Waals surface area contributed by atoms with E-state index in [-0.39, 0.29) is 6.61 Å². The Bertz CT molecular complexity index is 512. The molecule has 13 heteroatoms. The fourth-order valence-corrected chi connectivity index (χ4v) is 1.25. The average molecular weight is 391 g/mol. The summed E-state index contributed by atoms with van der Waals surface area (Å²) < 4.78 is 37.4. The van der Waals surface area contributed by atoms with Crippen molar-refractivity contribution in [1.82, 2.24) is 0 Å². The van der Waals surface area contributed by atoms with Crippen molar-refractivity contribution < 1.29 is 56.9 Å². The molecule has 0 aromatic rings. The summed E-state index contributed by atoms with van der Waals surface area (Å²) in [6.45, 7) is 0.409. The molecule has 0 aliphatic heterocycles. The normalized spacial score (nSPS) is 11.8. The lowest BCUT2D eigenvalue weighted by Gasteiger charge is -2.26. The number of nitrogens with zero attached hydrogens (tertiary/aromatic N) is 1. The monoisotopic (exact) mass is 391 g/mol. The molecule has 152 valence electrons. The van der Waals surface area contributed by atoms with Crippen LogP contribution in [0.1, 0.15) is 12.8 Å². The Hall–Kier alpha value is -2.41. The van der Waals surface area contributed by atoms with E-state index in [1.807, 2.05) is 21.1 Å². The quantitative estimate of drug-likeness (QED) is 0.301. The number of carboxylic acid groups (broad SMARTS) is 2. The van der Waals surface area contributed by atoms with Gasteiger partial charge in [-0.2, -0.15) is 13.2 Å². The van der Waals surface area contributed by atoms with Gasteiger partial charge in [-0.25, -0.2) is 4.79 Å². The van der Waals surface area contributed by atoms with Crippen LogP contribution in [-0.2, 0) is 23.9 Å². The highest BCUT2D eigenvalue weighted by molar-refractivity contribution is 5.89. The summed E-state index contributed by atoms with van der Waals surface area (Å²) in [6.07, 6.45) is -6.88. The highest BCUT2D eigenvalue weighted by Crippen LogP contribution is 2.18. The molecule has 0 unspecified atom stereocenters. The van der Waals surface area contributed by atoms with Crippen molar-refractivity contribution in [1.29, 1.82) is 0 Å². The van der Waals surface area contributed by atoms with Crippen LogP contribution in [0.3, 0.4) is 0 Å². The number of alkyl halides is 3. The number of primary amides is 1. The zero-order chi connectivity index (χ0) is 21.3. The van der Waals surface area contributed by atoms with E-state index in [9.17, 15) is 32.7 Å². The summed E-state index contributed by atoms with van der Waals surface area (Å²) in [5, 5.41) is 27.0. The predicted molar refractivity (Wildman–Crippen MR) is 78.6 cm³/mol. The Balaban J connectivity index is 0. The Morgan fingerprint density at radius 1 is 1.00 bits per heavy atom. The van der Waals surface area contributed by atoms with Gasteiger partial charge in [0.25, 0.3) is 0 Å². The first-order valence-electron chi connectivity index (χ1n) is 6.91. The van der Waals surface area contributed by atoms with E-state index in [1.165, 1.54) is 0 Å². The third kappa shape index (κ3) is 12.9. The molecule has 26 heavy (non-hydrogen) atoms. The van der Waals surface area contributed by atoms with Gasteiger partial charge in [-0.15, -0.1) is 0 Å². The third-order valence-corrected chi connectivity index (χ3v) is 2.54. The van der Waals surface area contributed by atoms with Gasteiger partial charge >= 0.3 is 30.0 Å². The lowest BCUT2D eigenvalue weighted by atomic mass is 9.96. The van der Waals surface area contributed by atoms with Crippen molar-refractivity contribution in [2.24, 2.45) is 5.73 Å². The highest BCUT2D eigenvalue weighted by Gasteiger charge is 2.42. The number of nitrogens with two attached hydrogens (primary N) is 1. The van der Waals surface area contributed by atoms with Crippen LogP contribution >= 0.6 is 0 Å². The van der Waals surface area contributed by atoms with Crippen LogP contribution in [0.5, 0.6) is 0 Å². The second-order valence-corrected chi connectivity index (χ2v) is 6.18. The number of carbonyl (C=O) groups excluding carboxylic acids is 2. The molecule has 0 aromatic heterocycles. The van der Waals surface area contributed by atoms with E-state index >= 15 is 0 Å². The summed E-state index contributed by atoms with van der Waals surface area (Å²) in [7, 11) is 5.57. The standard InChI is InChI=1S/C11H19NO7.C2H2F3NO/c1-12(2,3)4-5-19-10(17)11(18,6-8(13)14)7-9(15)16;3-2(4,5)1(6)7/h18H,4-7H2,1-3H3,(H-,13,14,15,16);(H2,6,7)/p+1. The van der Waals surface area contributed by atoms with E-state index in [1.54, 1.807) is 0 Å². The first kappa shape index (κ1) is 25.8. The smallest absolute Gasteiger partial charge is 0.470 e. The van der Waals surface area contributed by atoms with Crippen LogP contribution < -0.4 is 5.73 Å². The molecule has 0 saturated carbocycles. The van der Waals surface area contributed by atoms with Gasteiger partial charge in [0.05, 0.1) is 34.0 Å². The van der Waals surface area contributed by atoms with Gasteiger partial charge in [-0.1, -0.05) is 0 Å². The summed E-state index contributed by atoms with van der Waals surface area (Å²) in [4.78, 5) is 41.9. The fraction of sp³-hybridized carbons (Fsp3) is 0.692. The van der Waals surface area contributed by atoms with Crippen molar-refractivity contribution in [2.45, 2.75) is 24.6 Å². The number of quaternary nitrogens is 1. The number of rotatable bonds is 8. The van der Waals surface area contributed by atoms with Crippen LogP contribution in [0, 0.1) is 0 Å². The molecule has 0 fully saturated rings. The number of hydrogen-bond donors (Lipinski definition) is 4. The lowest BCUT2D eigenvalue weighted by molar-refractivity contribution is -0.870. The first-order chi connectivity index (χ1) is 11.4. The van der Waals surface area contributed by atoms with Gasteiger partial charge < -0.3 is 30.3 Å². The van der Waals surface area contributed by atoms with Crippen LogP contribution in [0.25, 0.3) is 0 Å². The molecule has 0 aromatic carbocycles. The summed E-state index contributed by atoms with van der Waals surface area (Å²) >= 11 is 0. The Kier molecular flexibility index (Phi) is 9.85. The van der Waals surface area contributed by atoms with Gasteiger partial charge in [0, 0.05) is 0 Å². The van der Waals surface area contributed by atoms with Crippen molar-refractivity contribution in [3.05, 3.63) is 0 Å². The highest BCUT2D eigenvalue weighted by atomic mass is 19.4. The number of aliphatic hydroxyl groups is 1. The van der Waals surface area contributed by atoms with E-state index in [2.05, 4.69) is 5.73 Å². The largest absolute Gasteiger partial charge is 0.481 e. The second-order valence-electron chi connectivity index (χ2n) is 6.18. The third-order valence-electron chi connectivity index (χ3n) is 2.54. The predicted octanol–water partition coefficient (Wildman–Crippen LogP) is -1.05. The molecule has 0 heterocycles. The SMILES string of the molecule is C[N+](C)(C)CCOC(=O)C(O)(CC(=O)O)CC(=O)O.NC(=O)C(F)(F)F. The summed E-state index contributed by atoms with van der Waals surface area (Å²) in [5.74, 6) is -6.45. The molecule has 0 saturated heterocycles. The number of amides is 1. The molecule has 0 aliphatic rings. The number of carboxylic acids is 2. The van der Waals surface area contributed by atoms with Crippen LogP contribution in [0.2, 0.25) is 0 Å². The molecule has 0 atom stereocenters. The molecule has 0 aliphatic carbocycles. The summed E-state index contributed by atoms with van der Waals surface area (Å²) in [5.41, 5.74) is 1.27. The van der Waals surface area contributed by atoms with Gasteiger partial charge in [0.2, 0.25) is 0 Å². The molecule has 0 rings (SSSR count). The van der Waals surface area contributed by atoms with E-state index in [0.717, 1.165) is 0 Å². The van der Waals surface area contributed by atoms with Gasteiger partial charge in [0.15, 0.2) is 5.60 Å². The van der Waals surface area contributed by atoms with Crippen molar-refractivity contribution >= 4 is 23.8 Å². The fourth-order valence-electron chi connectivity index (χ4n) is 1.25. The first-order valence-corrected chi connectivity index (χ1v) is 6.91. The van der Waals surface area contributed by atoms with Crippen LogP contribution in [-0.4, -0.2) is 89.7 Å². The van der Waals surface area contributed by atoms with Crippen LogP contribution in [0.4, 0.5) is 13.2 Å². The maximum absolute atomic E-state index is 11.6. The number of likely N-dealkylation sites (N-methyl/N-ethyl adjacent to an activating group) is 1. The van der Waals surface area contributed by atoms with Crippen LogP contribution in [0.15, 0.2) is 0 Å². The number of hydrogen-bond acceptors (Lipinski definition) is 6. The van der Waals surface area contributed by atoms with E-state index < -0.39 is 48.4 Å². The molecule has 1 amide bonds. The maximum Gasteiger partial charge on any atom is 0.470 e. The zero-order valence-corrected chi connectivity index (χ0v) is 14.4. The number of aliphatic carboxylic acids is 2. The Morgan fingerprint density at radius 2 is 1.35 bits per heavy atom. The topological polar surface area (TPSA) is 164 Å². The van der Waals surface area contributed by atoms with Gasteiger partial charge in [-0.3, -0.25) is 14.4 Å². The molecule has 0 radical (unpaired) electrons. The lowest BCUT2D eigenvalue weighted by Crippen LogP contribution is -2.45. The minimum Gasteiger partial charge on any atom is -0.481 e. The number of ether oxygens (including phenoxy) is 1. The number of esters is 1. The Morgan fingerprint density at radius 3 is 1.58 bits per heavy atom. The Labute approximate surface area is 146 Å². The minimum atomic E-state index is -4.86. The van der Waals surface area contributed by atoms with Gasteiger partial charge in [-0.05, 0) is 0 Å². The molecular weight excluding hydrogens is 369 g/mol. The van der Waals surface area contributed by atoms with E-state index in [4.69, 9.17) is 19.7 Å². The second kappa shape index (κ2) is 9.91.